The van der Waals surface area contributed by atoms with Crippen molar-refractivity contribution in [1.82, 2.24) is 25.4 Å². The molecule has 9 heteroatoms. The van der Waals surface area contributed by atoms with E-state index in [1.165, 1.54) is 0 Å². The minimum atomic E-state index is 0. The Morgan fingerprint density at radius 2 is 1.97 bits per heavy atom. The molecule has 0 aromatic carbocycles. The molecular weight excluding hydrogens is 505 g/mol. The van der Waals surface area contributed by atoms with E-state index in [1.54, 1.807) is 7.05 Å². The molecule has 0 radical (unpaired) electrons. The summed E-state index contributed by atoms with van der Waals surface area (Å²) < 4.78 is 5.92. The van der Waals surface area contributed by atoms with Crippen molar-refractivity contribution in [3.05, 3.63) is 23.9 Å². The summed E-state index contributed by atoms with van der Waals surface area (Å²) in [4.78, 5) is 16.2. The van der Waals surface area contributed by atoms with E-state index in [1.807, 2.05) is 6.20 Å². The molecular formula is C22H40IN7O. The van der Waals surface area contributed by atoms with Crippen LogP contribution >= 0.6 is 24.0 Å². The topological polar surface area (TPSA) is 68.3 Å². The van der Waals surface area contributed by atoms with Gasteiger partial charge >= 0.3 is 0 Å². The van der Waals surface area contributed by atoms with Gasteiger partial charge < -0.3 is 25.2 Å². The van der Waals surface area contributed by atoms with E-state index in [0.29, 0.717) is 12.5 Å². The maximum Gasteiger partial charge on any atom is 0.191 e. The average Bonchev–Trinajstić information content (AvgIpc) is 2.75. The van der Waals surface area contributed by atoms with E-state index in [9.17, 15) is 0 Å². The number of halogens is 1. The number of hydrogen-bond acceptors (Lipinski definition) is 6. The van der Waals surface area contributed by atoms with Gasteiger partial charge in [-0.2, -0.15) is 0 Å². The van der Waals surface area contributed by atoms with Gasteiger partial charge in [0.05, 0.1) is 12.7 Å². The SMILES string of the molecule is CN=C(NCc1ccc(N2CCN(C)CC2)nc1)NCC1CN(CC(C)C)CCO1.I. The van der Waals surface area contributed by atoms with E-state index in [0.717, 1.165) is 76.3 Å². The van der Waals surface area contributed by atoms with Crippen LogP contribution < -0.4 is 15.5 Å². The van der Waals surface area contributed by atoms with Crippen molar-refractivity contribution in [1.29, 1.82) is 0 Å². The van der Waals surface area contributed by atoms with Crippen LogP contribution in [-0.2, 0) is 11.3 Å². The number of piperazine rings is 1. The molecule has 3 rings (SSSR count). The molecule has 0 bridgehead atoms. The van der Waals surface area contributed by atoms with Crippen molar-refractivity contribution in [3.63, 3.8) is 0 Å². The molecule has 0 saturated carbocycles. The third kappa shape index (κ3) is 8.70. The Balaban J connectivity index is 0.00000341. The first-order valence-corrected chi connectivity index (χ1v) is 11.2. The number of aliphatic imine (C=N–C) groups is 1. The highest BCUT2D eigenvalue weighted by Gasteiger charge is 2.21. The van der Waals surface area contributed by atoms with E-state index in [2.05, 4.69) is 68.3 Å². The minimum Gasteiger partial charge on any atom is -0.374 e. The van der Waals surface area contributed by atoms with E-state index in [-0.39, 0.29) is 30.1 Å². The Bertz CT molecular complexity index is 662. The summed E-state index contributed by atoms with van der Waals surface area (Å²) in [6.07, 6.45) is 2.16. The van der Waals surface area contributed by atoms with Crippen LogP contribution in [0.1, 0.15) is 19.4 Å². The van der Waals surface area contributed by atoms with E-state index >= 15 is 0 Å². The number of anilines is 1. The number of hydrogen-bond donors (Lipinski definition) is 2. The third-order valence-electron chi connectivity index (χ3n) is 5.66. The molecule has 0 aliphatic carbocycles. The molecule has 176 valence electrons. The Morgan fingerprint density at radius 3 is 2.61 bits per heavy atom. The van der Waals surface area contributed by atoms with Crippen LogP contribution in [-0.4, -0.2) is 99.9 Å². The number of nitrogens with zero attached hydrogens (tertiary/aromatic N) is 5. The highest BCUT2D eigenvalue weighted by molar-refractivity contribution is 14.0. The van der Waals surface area contributed by atoms with Gasteiger partial charge in [-0.25, -0.2) is 4.98 Å². The fraction of sp³-hybridized carbons (Fsp3) is 0.727. The quantitative estimate of drug-likeness (QED) is 0.306. The van der Waals surface area contributed by atoms with Gasteiger partial charge in [0, 0.05) is 72.1 Å². The second kappa shape index (κ2) is 13.4. The Morgan fingerprint density at radius 1 is 1.19 bits per heavy atom. The zero-order valence-corrected chi connectivity index (χ0v) is 21.8. The number of morpholine rings is 1. The summed E-state index contributed by atoms with van der Waals surface area (Å²) in [5.41, 5.74) is 1.15. The van der Waals surface area contributed by atoms with Gasteiger partial charge in [0.2, 0.25) is 0 Å². The lowest BCUT2D eigenvalue weighted by molar-refractivity contribution is -0.0284. The van der Waals surface area contributed by atoms with Gasteiger partial charge in [-0.15, -0.1) is 24.0 Å². The first-order valence-electron chi connectivity index (χ1n) is 11.2. The van der Waals surface area contributed by atoms with Crippen molar-refractivity contribution in [2.24, 2.45) is 10.9 Å². The monoisotopic (exact) mass is 545 g/mol. The molecule has 1 atom stereocenters. The molecule has 1 unspecified atom stereocenters. The molecule has 3 heterocycles. The molecule has 2 fully saturated rings. The second-order valence-electron chi connectivity index (χ2n) is 8.77. The number of guanidine groups is 1. The van der Waals surface area contributed by atoms with Crippen LogP contribution in [0, 0.1) is 5.92 Å². The lowest BCUT2D eigenvalue weighted by Gasteiger charge is -2.34. The first-order chi connectivity index (χ1) is 14.5. The van der Waals surface area contributed by atoms with Crippen LogP contribution in [0.2, 0.25) is 0 Å². The molecule has 1 aromatic rings. The zero-order valence-electron chi connectivity index (χ0n) is 19.5. The Labute approximate surface area is 204 Å². The lowest BCUT2D eigenvalue weighted by Crippen LogP contribution is -2.50. The van der Waals surface area contributed by atoms with Crippen molar-refractivity contribution in [2.45, 2.75) is 26.5 Å². The largest absolute Gasteiger partial charge is 0.374 e. The molecule has 2 N–H and O–H groups in total. The van der Waals surface area contributed by atoms with Gasteiger partial charge in [-0.1, -0.05) is 19.9 Å². The first kappa shape index (κ1) is 26.1. The number of nitrogens with one attached hydrogen (secondary N) is 2. The van der Waals surface area contributed by atoms with Crippen LogP contribution in [0.4, 0.5) is 5.82 Å². The highest BCUT2D eigenvalue weighted by Crippen LogP contribution is 2.13. The predicted molar refractivity (Wildman–Crippen MR) is 139 cm³/mol. The summed E-state index contributed by atoms with van der Waals surface area (Å²) in [5, 5.41) is 6.79. The zero-order chi connectivity index (χ0) is 21.3. The Kier molecular flexibility index (Phi) is 11.3. The van der Waals surface area contributed by atoms with Crippen LogP contribution in [0.5, 0.6) is 0 Å². The number of likely N-dealkylation sites (N-methyl/N-ethyl adjacent to an activating group) is 1. The molecule has 1 aromatic heterocycles. The summed E-state index contributed by atoms with van der Waals surface area (Å²) in [5.74, 6) is 2.54. The van der Waals surface area contributed by atoms with Gasteiger partial charge in [0.1, 0.15) is 5.82 Å². The van der Waals surface area contributed by atoms with Crippen molar-refractivity contribution in [2.75, 3.05) is 78.0 Å². The van der Waals surface area contributed by atoms with Crippen LogP contribution in [0.15, 0.2) is 23.3 Å². The second-order valence-corrected chi connectivity index (χ2v) is 8.77. The summed E-state index contributed by atoms with van der Waals surface area (Å²) >= 11 is 0. The molecule has 0 amide bonds. The van der Waals surface area contributed by atoms with Crippen LogP contribution in [0.25, 0.3) is 0 Å². The molecule has 0 spiro atoms. The number of ether oxygens (including phenoxy) is 1. The molecule has 2 aliphatic rings. The van der Waals surface area contributed by atoms with Gasteiger partial charge in [0.25, 0.3) is 0 Å². The predicted octanol–water partition coefficient (Wildman–Crippen LogP) is 1.47. The maximum absolute atomic E-state index is 5.92. The standard InChI is InChI=1S/C22H39N7O.HI/c1-18(2)16-28-11-12-30-20(17-28)15-26-22(23-3)25-14-19-5-6-21(24-13-19)29-9-7-27(4)8-10-29;/h5-6,13,18,20H,7-12,14-17H2,1-4H3,(H2,23,25,26);1H. The maximum atomic E-state index is 5.92. The van der Waals surface area contributed by atoms with Gasteiger partial charge in [-0.3, -0.25) is 9.89 Å². The molecule has 2 aliphatic heterocycles. The lowest BCUT2D eigenvalue weighted by atomic mass is 10.2. The van der Waals surface area contributed by atoms with E-state index < -0.39 is 0 Å². The van der Waals surface area contributed by atoms with Crippen molar-refractivity contribution >= 4 is 35.8 Å². The van der Waals surface area contributed by atoms with Crippen molar-refractivity contribution < 1.29 is 4.74 Å². The summed E-state index contributed by atoms with van der Waals surface area (Å²) in [7, 11) is 3.97. The molecule has 8 nitrogen and oxygen atoms in total. The summed E-state index contributed by atoms with van der Waals surface area (Å²) in [6, 6.07) is 4.27. The average molecular weight is 546 g/mol. The van der Waals surface area contributed by atoms with Gasteiger partial charge in [0.15, 0.2) is 5.96 Å². The smallest absolute Gasteiger partial charge is 0.191 e. The highest BCUT2D eigenvalue weighted by atomic mass is 127. The molecule has 31 heavy (non-hydrogen) atoms. The minimum absolute atomic E-state index is 0. The number of aromatic nitrogens is 1. The fourth-order valence-corrected chi connectivity index (χ4v) is 3.95. The van der Waals surface area contributed by atoms with Crippen LogP contribution in [0.3, 0.4) is 0 Å². The Hall–Kier alpha value is -1.17. The van der Waals surface area contributed by atoms with E-state index in [4.69, 9.17) is 4.74 Å². The number of pyridine rings is 1. The van der Waals surface area contributed by atoms with Gasteiger partial charge in [-0.05, 0) is 24.6 Å². The summed E-state index contributed by atoms with van der Waals surface area (Å²) in [6.45, 7) is 14.2. The van der Waals surface area contributed by atoms with Crippen molar-refractivity contribution in [3.8, 4) is 0 Å². The molecule has 2 saturated heterocycles. The fourth-order valence-electron chi connectivity index (χ4n) is 3.95. The number of rotatable bonds is 7. The third-order valence-corrected chi connectivity index (χ3v) is 5.66. The normalized spacial score (nSPS) is 21.1.